The maximum atomic E-state index is 12.3. The quantitative estimate of drug-likeness (QED) is 0.645. The predicted octanol–water partition coefficient (Wildman–Crippen LogP) is 3.14. The Balaban J connectivity index is 2.05. The first-order valence-electron chi connectivity index (χ1n) is 7.71. The minimum absolute atomic E-state index is 0.0176. The lowest BCUT2D eigenvalue weighted by molar-refractivity contribution is -0.385. The fourth-order valence-corrected chi connectivity index (χ4v) is 3.18. The summed E-state index contributed by atoms with van der Waals surface area (Å²) >= 11 is 0. The van der Waals surface area contributed by atoms with Crippen molar-refractivity contribution < 1.29 is 9.72 Å². The van der Waals surface area contributed by atoms with E-state index in [2.05, 4.69) is 5.32 Å². The molecule has 0 spiro atoms. The number of nitro groups is 1. The lowest BCUT2D eigenvalue weighted by Crippen LogP contribution is -2.36. The van der Waals surface area contributed by atoms with Crippen molar-refractivity contribution >= 4 is 17.3 Å². The van der Waals surface area contributed by atoms with E-state index in [1.165, 1.54) is 12.5 Å². The molecule has 0 unspecified atom stereocenters. The zero-order valence-corrected chi connectivity index (χ0v) is 12.9. The number of nitrogens with zero attached hydrogens (tertiary/aromatic N) is 1. The third-order valence-corrected chi connectivity index (χ3v) is 4.57. The van der Waals surface area contributed by atoms with Gasteiger partial charge in [0.25, 0.3) is 5.69 Å². The number of rotatable bonds is 5. The van der Waals surface area contributed by atoms with E-state index >= 15 is 0 Å². The lowest BCUT2D eigenvalue weighted by atomic mass is 9.71. The third-order valence-electron chi connectivity index (χ3n) is 4.57. The van der Waals surface area contributed by atoms with Crippen LogP contribution in [0.15, 0.2) is 18.2 Å². The topological polar surface area (TPSA) is 98.3 Å². The zero-order valence-electron chi connectivity index (χ0n) is 12.9. The fraction of sp³-hybridized carbons (Fsp3) is 0.562. The summed E-state index contributed by atoms with van der Waals surface area (Å²) in [6.07, 6.45) is 5.76. The van der Waals surface area contributed by atoms with Crippen LogP contribution in [0.1, 0.15) is 44.1 Å². The highest BCUT2D eigenvalue weighted by Gasteiger charge is 2.33. The highest BCUT2D eigenvalue weighted by molar-refractivity contribution is 5.91. The van der Waals surface area contributed by atoms with Crippen LogP contribution in [-0.4, -0.2) is 17.4 Å². The molecule has 1 aromatic rings. The second kappa shape index (κ2) is 6.87. The van der Waals surface area contributed by atoms with Crippen LogP contribution >= 0.6 is 0 Å². The summed E-state index contributed by atoms with van der Waals surface area (Å²) in [5.74, 6) is -0.120. The van der Waals surface area contributed by atoms with Gasteiger partial charge in [0, 0.05) is 23.7 Å². The molecule has 2 rings (SSSR count). The minimum atomic E-state index is -0.437. The zero-order chi connectivity index (χ0) is 16.2. The molecule has 1 aromatic carbocycles. The van der Waals surface area contributed by atoms with Gasteiger partial charge in [-0.25, -0.2) is 0 Å². The van der Waals surface area contributed by atoms with Crippen molar-refractivity contribution in [2.45, 2.75) is 45.4 Å². The highest BCUT2D eigenvalue weighted by Crippen LogP contribution is 2.38. The molecule has 1 aliphatic rings. The van der Waals surface area contributed by atoms with Crippen molar-refractivity contribution in [2.24, 2.45) is 11.1 Å². The smallest absolute Gasteiger partial charge is 0.274 e. The number of hydrogen-bond donors (Lipinski definition) is 2. The Morgan fingerprint density at radius 1 is 1.36 bits per heavy atom. The number of nitrogens with one attached hydrogen (secondary N) is 1. The molecule has 1 aliphatic carbocycles. The van der Waals surface area contributed by atoms with E-state index in [-0.39, 0.29) is 17.0 Å². The average molecular weight is 305 g/mol. The van der Waals surface area contributed by atoms with Crippen LogP contribution < -0.4 is 11.1 Å². The molecule has 1 saturated carbocycles. The molecule has 0 heterocycles. The Morgan fingerprint density at radius 2 is 2.05 bits per heavy atom. The SMILES string of the molecule is Cc1ccc(NC(=O)CC2(CN)CCCCC2)cc1[N+](=O)[O-]. The first-order valence-corrected chi connectivity index (χ1v) is 7.71. The molecule has 0 saturated heterocycles. The number of benzene rings is 1. The largest absolute Gasteiger partial charge is 0.330 e. The maximum absolute atomic E-state index is 12.3. The Bertz CT molecular complexity index is 566. The Kier molecular flexibility index (Phi) is 5.13. The van der Waals surface area contributed by atoms with Gasteiger partial charge < -0.3 is 11.1 Å². The molecule has 1 fully saturated rings. The molecule has 0 radical (unpaired) electrons. The molecule has 22 heavy (non-hydrogen) atoms. The molecule has 0 aromatic heterocycles. The van der Waals surface area contributed by atoms with Gasteiger partial charge in [-0.1, -0.05) is 25.3 Å². The monoisotopic (exact) mass is 305 g/mol. The summed E-state index contributed by atoms with van der Waals surface area (Å²) in [6, 6.07) is 4.74. The Hall–Kier alpha value is -1.95. The first kappa shape index (κ1) is 16.4. The van der Waals surface area contributed by atoms with Crippen LogP contribution in [0.2, 0.25) is 0 Å². The summed E-state index contributed by atoms with van der Waals surface area (Å²) in [5.41, 5.74) is 6.84. The maximum Gasteiger partial charge on any atom is 0.274 e. The summed E-state index contributed by atoms with van der Waals surface area (Å²) in [7, 11) is 0. The molecule has 0 atom stereocenters. The van der Waals surface area contributed by atoms with Gasteiger partial charge in [0.1, 0.15) is 0 Å². The number of nitro benzene ring substituents is 1. The number of aryl methyl sites for hydroxylation is 1. The van der Waals surface area contributed by atoms with E-state index < -0.39 is 4.92 Å². The number of carbonyl (C=O) groups excluding carboxylic acids is 1. The van der Waals surface area contributed by atoms with Gasteiger partial charge in [-0.05, 0) is 37.8 Å². The Labute approximate surface area is 130 Å². The van der Waals surface area contributed by atoms with Crippen LogP contribution in [0, 0.1) is 22.5 Å². The number of nitrogens with two attached hydrogens (primary N) is 1. The van der Waals surface area contributed by atoms with Gasteiger partial charge in [-0.2, -0.15) is 0 Å². The number of anilines is 1. The van der Waals surface area contributed by atoms with Crippen molar-refractivity contribution in [3.63, 3.8) is 0 Å². The summed E-state index contributed by atoms with van der Waals surface area (Å²) < 4.78 is 0. The van der Waals surface area contributed by atoms with Gasteiger partial charge in [-0.3, -0.25) is 14.9 Å². The van der Waals surface area contributed by atoms with E-state index in [1.54, 1.807) is 19.1 Å². The molecular weight excluding hydrogens is 282 g/mol. The van der Waals surface area contributed by atoms with Crippen LogP contribution in [0.4, 0.5) is 11.4 Å². The summed E-state index contributed by atoms with van der Waals surface area (Å²) in [4.78, 5) is 22.8. The minimum Gasteiger partial charge on any atom is -0.330 e. The van der Waals surface area contributed by atoms with Crippen LogP contribution in [-0.2, 0) is 4.79 Å². The number of hydrogen-bond acceptors (Lipinski definition) is 4. The van der Waals surface area contributed by atoms with Gasteiger partial charge in [0.15, 0.2) is 0 Å². The van der Waals surface area contributed by atoms with Crippen LogP contribution in [0.3, 0.4) is 0 Å². The molecule has 120 valence electrons. The number of amides is 1. The lowest BCUT2D eigenvalue weighted by Gasteiger charge is -2.35. The van der Waals surface area contributed by atoms with Crippen molar-refractivity contribution in [3.8, 4) is 0 Å². The normalized spacial score (nSPS) is 17.0. The standard InChI is InChI=1S/C16H23N3O3/c1-12-5-6-13(9-14(12)19(21)22)18-15(20)10-16(11-17)7-3-2-4-8-16/h5-6,9H,2-4,7-8,10-11,17H2,1H3,(H,18,20). The summed E-state index contributed by atoms with van der Waals surface area (Å²) in [6.45, 7) is 2.18. The second-order valence-corrected chi connectivity index (χ2v) is 6.25. The average Bonchev–Trinajstić information content (AvgIpc) is 2.49. The molecule has 0 aliphatic heterocycles. The third kappa shape index (κ3) is 3.82. The molecule has 1 amide bonds. The van der Waals surface area contributed by atoms with Gasteiger partial charge in [0.2, 0.25) is 5.91 Å². The van der Waals surface area contributed by atoms with Gasteiger partial charge in [0.05, 0.1) is 4.92 Å². The van der Waals surface area contributed by atoms with Gasteiger partial charge in [-0.15, -0.1) is 0 Å². The van der Waals surface area contributed by atoms with Crippen molar-refractivity contribution in [2.75, 3.05) is 11.9 Å². The fourth-order valence-electron chi connectivity index (χ4n) is 3.18. The van der Waals surface area contributed by atoms with Gasteiger partial charge >= 0.3 is 0 Å². The van der Waals surface area contributed by atoms with Crippen molar-refractivity contribution in [1.82, 2.24) is 0 Å². The molecular formula is C16H23N3O3. The van der Waals surface area contributed by atoms with E-state index in [1.807, 2.05) is 0 Å². The second-order valence-electron chi connectivity index (χ2n) is 6.25. The Morgan fingerprint density at radius 3 is 2.64 bits per heavy atom. The van der Waals surface area contributed by atoms with Crippen LogP contribution in [0.25, 0.3) is 0 Å². The first-order chi connectivity index (χ1) is 10.5. The van der Waals surface area contributed by atoms with Crippen molar-refractivity contribution in [1.29, 1.82) is 0 Å². The molecule has 6 heteroatoms. The highest BCUT2D eigenvalue weighted by atomic mass is 16.6. The molecule has 0 bridgehead atoms. The van der Waals surface area contributed by atoms with E-state index in [9.17, 15) is 14.9 Å². The predicted molar refractivity (Wildman–Crippen MR) is 85.7 cm³/mol. The van der Waals surface area contributed by atoms with E-state index in [0.29, 0.717) is 24.2 Å². The number of carbonyl (C=O) groups is 1. The molecule has 3 N–H and O–H groups in total. The molecule has 6 nitrogen and oxygen atoms in total. The summed E-state index contributed by atoms with van der Waals surface area (Å²) in [5, 5.41) is 13.7. The van der Waals surface area contributed by atoms with E-state index in [0.717, 1.165) is 25.7 Å². The van der Waals surface area contributed by atoms with Crippen LogP contribution in [0.5, 0.6) is 0 Å². The van der Waals surface area contributed by atoms with Crippen molar-refractivity contribution in [3.05, 3.63) is 33.9 Å². The van der Waals surface area contributed by atoms with E-state index in [4.69, 9.17) is 5.73 Å².